The minimum Gasteiger partial charge on any atom is -0.372 e. The van der Waals surface area contributed by atoms with E-state index < -0.39 is 4.92 Å². The number of nitro benzene ring substituents is 1. The van der Waals surface area contributed by atoms with Gasteiger partial charge < -0.3 is 5.32 Å². The van der Waals surface area contributed by atoms with Crippen molar-refractivity contribution in [2.24, 2.45) is 12.5 Å². The Bertz CT molecular complexity index is 768. The molecule has 1 aromatic heterocycles. The Balaban J connectivity index is 2.45. The summed E-state index contributed by atoms with van der Waals surface area (Å²) in [7, 11) is 1.83. The molecule has 120 valence electrons. The number of benzene rings is 1. The Morgan fingerprint density at radius 1 is 1.43 bits per heavy atom. The molecule has 0 saturated carbocycles. The molecule has 0 aliphatic rings. The number of aromatic nitrogens is 2. The van der Waals surface area contributed by atoms with Gasteiger partial charge in [0.05, 0.1) is 28.8 Å². The topological polar surface area (TPSA) is 96.8 Å². The highest BCUT2D eigenvalue weighted by Gasteiger charge is 2.29. The standard InChI is InChI=1S/C16H19N5O2/c1-16(2,3)15(12-9-18-20(4)10-12)19-13-6-5-11(8-17)7-14(13)21(22)23/h5-7,9-10,15,19H,1-4H3. The number of nitriles is 1. The van der Waals surface area contributed by atoms with Crippen LogP contribution in [0.3, 0.4) is 0 Å². The molecule has 1 unspecified atom stereocenters. The Kier molecular flexibility index (Phi) is 4.36. The van der Waals surface area contributed by atoms with Crippen LogP contribution >= 0.6 is 0 Å². The Morgan fingerprint density at radius 2 is 2.13 bits per heavy atom. The molecule has 0 bridgehead atoms. The Morgan fingerprint density at radius 3 is 2.61 bits per heavy atom. The molecule has 7 heteroatoms. The van der Waals surface area contributed by atoms with Gasteiger partial charge in [0.15, 0.2) is 0 Å². The highest BCUT2D eigenvalue weighted by Crippen LogP contribution is 2.38. The van der Waals surface area contributed by atoms with Crippen molar-refractivity contribution in [3.63, 3.8) is 0 Å². The molecule has 23 heavy (non-hydrogen) atoms. The van der Waals surface area contributed by atoms with Gasteiger partial charge in [-0.3, -0.25) is 14.8 Å². The summed E-state index contributed by atoms with van der Waals surface area (Å²) in [6, 6.07) is 6.18. The maximum Gasteiger partial charge on any atom is 0.293 e. The number of rotatable bonds is 4. The molecule has 0 amide bonds. The first-order chi connectivity index (χ1) is 10.7. The third-order valence-corrected chi connectivity index (χ3v) is 3.55. The van der Waals surface area contributed by atoms with E-state index in [1.165, 1.54) is 6.07 Å². The molecule has 0 aliphatic carbocycles. The van der Waals surface area contributed by atoms with E-state index in [1.54, 1.807) is 23.0 Å². The van der Waals surface area contributed by atoms with Gasteiger partial charge in [-0.05, 0) is 17.5 Å². The van der Waals surface area contributed by atoms with Gasteiger partial charge in [0, 0.05) is 24.9 Å². The zero-order chi connectivity index (χ0) is 17.2. The van der Waals surface area contributed by atoms with Gasteiger partial charge in [-0.15, -0.1) is 0 Å². The predicted octanol–water partition coefficient (Wildman–Crippen LogP) is 3.40. The molecule has 7 nitrogen and oxygen atoms in total. The SMILES string of the molecule is Cn1cc(C(Nc2ccc(C#N)cc2[N+](=O)[O-])C(C)(C)C)cn1. The molecule has 0 aliphatic heterocycles. The van der Waals surface area contributed by atoms with E-state index in [0.717, 1.165) is 5.56 Å². The number of aryl methyl sites for hydroxylation is 1. The molecule has 0 radical (unpaired) electrons. The summed E-state index contributed by atoms with van der Waals surface area (Å²) in [5, 5.41) is 27.6. The van der Waals surface area contributed by atoms with Crippen molar-refractivity contribution in [1.82, 2.24) is 9.78 Å². The first kappa shape index (κ1) is 16.5. The van der Waals surface area contributed by atoms with Crippen LogP contribution in [0.15, 0.2) is 30.6 Å². The first-order valence-electron chi connectivity index (χ1n) is 7.16. The van der Waals surface area contributed by atoms with Crippen LogP contribution in [0.2, 0.25) is 0 Å². The molecule has 1 atom stereocenters. The fourth-order valence-corrected chi connectivity index (χ4v) is 2.42. The van der Waals surface area contributed by atoms with Crippen molar-refractivity contribution in [3.8, 4) is 6.07 Å². The average molecular weight is 313 g/mol. The van der Waals surface area contributed by atoms with Gasteiger partial charge in [-0.2, -0.15) is 10.4 Å². The summed E-state index contributed by atoms with van der Waals surface area (Å²) in [4.78, 5) is 10.8. The molecule has 1 N–H and O–H groups in total. The normalized spacial score (nSPS) is 12.5. The summed E-state index contributed by atoms with van der Waals surface area (Å²) < 4.78 is 1.70. The first-order valence-corrected chi connectivity index (χ1v) is 7.16. The smallest absolute Gasteiger partial charge is 0.293 e. The summed E-state index contributed by atoms with van der Waals surface area (Å²) in [6.45, 7) is 6.15. The van der Waals surface area contributed by atoms with E-state index in [1.807, 2.05) is 40.1 Å². The van der Waals surface area contributed by atoms with E-state index in [4.69, 9.17) is 5.26 Å². The van der Waals surface area contributed by atoms with Crippen LogP contribution < -0.4 is 5.32 Å². The Labute approximate surface area is 134 Å². The molecule has 0 spiro atoms. The number of anilines is 1. The molecule has 1 aromatic carbocycles. The van der Waals surface area contributed by atoms with E-state index in [9.17, 15) is 10.1 Å². The third-order valence-electron chi connectivity index (χ3n) is 3.55. The van der Waals surface area contributed by atoms with Gasteiger partial charge in [0.1, 0.15) is 5.69 Å². The van der Waals surface area contributed by atoms with Crippen molar-refractivity contribution in [1.29, 1.82) is 5.26 Å². The molecule has 1 heterocycles. The predicted molar refractivity (Wildman–Crippen MR) is 86.8 cm³/mol. The van der Waals surface area contributed by atoms with Crippen molar-refractivity contribution in [2.45, 2.75) is 26.8 Å². The van der Waals surface area contributed by atoms with Crippen LogP contribution in [-0.2, 0) is 7.05 Å². The Hall–Kier alpha value is -2.88. The van der Waals surface area contributed by atoms with Crippen LogP contribution in [0.5, 0.6) is 0 Å². The van der Waals surface area contributed by atoms with E-state index in [-0.39, 0.29) is 22.7 Å². The van der Waals surface area contributed by atoms with Gasteiger partial charge in [0.25, 0.3) is 5.69 Å². The van der Waals surface area contributed by atoms with Gasteiger partial charge in [-0.25, -0.2) is 0 Å². The van der Waals surface area contributed by atoms with E-state index >= 15 is 0 Å². The van der Waals surface area contributed by atoms with Crippen molar-refractivity contribution in [3.05, 3.63) is 51.8 Å². The molecule has 0 saturated heterocycles. The second-order valence-electron chi connectivity index (χ2n) is 6.49. The number of nitrogens with zero attached hydrogens (tertiary/aromatic N) is 4. The quantitative estimate of drug-likeness (QED) is 0.689. The molecule has 2 rings (SSSR count). The number of hydrogen-bond donors (Lipinski definition) is 1. The largest absolute Gasteiger partial charge is 0.372 e. The lowest BCUT2D eigenvalue weighted by Crippen LogP contribution is -2.25. The lowest BCUT2D eigenvalue weighted by Gasteiger charge is -2.31. The van der Waals surface area contributed by atoms with Crippen molar-refractivity contribution < 1.29 is 4.92 Å². The lowest BCUT2D eigenvalue weighted by atomic mass is 9.83. The third kappa shape index (κ3) is 3.66. The molecule has 0 fully saturated rings. The number of nitro groups is 1. The van der Waals surface area contributed by atoms with Crippen LogP contribution in [-0.4, -0.2) is 14.7 Å². The molecule has 2 aromatic rings. The molecular weight excluding hydrogens is 294 g/mol. The van der Waals surface area contributed by atoms with Crippen LogP contribution in [0.4, 0.5) is 11.4 Å². The van der Waals surface area contributed by atoms with Crippen molar-refractivity contribution >= 4 is 11.4 Å². The van der Waals surface area contributed by atoms with E-state index in [2.05, 4.69) is 10.4 Å². The zero-order valence-corrected chi connectivity index (χ0v) is 13.6. The minimum absolute atomic E-state index is 0.109. The fraction of sp³-hybridized carbons (Fsp3) is 0.375. The second kappa shape index (κ2) is 6.08. The lowest BCUT2D eigenvalue weighted by molar-refractivity contribution is -0.384. The number of hydrogen-bond acceptors (Lipinski definition) is 5. The summed E-state index contributed by atoms with van der Waals surface area (Å²) in [5.41, 5.74) is 1.29. The second-order valence-corrected chi connectivity index (χ2v) is 6.49. The van der Waals surface area contributed by atoms with Gasteiger partial charge in [0.2, 0.25) is 0 Å². The molecular formula is C16H19N5O2. The minimum atomic E-state index is -0.480. The van der Waals surface area contributed by atoms with E-state index in [0.29, 0.717) is 5.69 Å². The van der Waals surface area contributed by atoms with Crippen LogP contribution in [0.1, 0.15) is 37.9 Å². The fourth-order valence-electron chi connectivity index (χ4n) is 2.42. The van der Waals surface area contributed by atoms with Crippen LogP contribution in [0.25, 0.3) is 0 Å². The summed E-state index contributed by atoms with van der Waals surface area (Å²) in [6.07, 6.45) is 3.64. The highest BCUT2D eigenvalue weighted by molar-refractivity contribution is 5.65. The monoisotopic (exact) mass is 313 g/mol. The van der Waals surface area contributed by atoms with Crippen molar-refractivity contribution in [2.75, 3.05) is 5.32 Å². The summed E-state index contributed by atoms with van der Waals surface area (Å²) >= 11 is 0. The highest BCUT2D eigenvalue weighted by atomic mass is 16.6. The maximum atomic E-state index is 11.3. The summed E-state index contributed by atoms with van der Waals surface area (Å²) in [5.74, 6) is 0. The van der Waals surface area contributed by atoms with Crippen LogP contribution in [0, 0.1) is 26.9 Å². The number of nitrogens with one attached hydrogen (secondary N) is 1. The maximum absolute atomic E-state index is 11.3. The zero-order valence-electron chi connectivity index (χ0n) is 13.6. The average Bonchev–Trinajstić information content (AvgIpc) is 2.89. The van der Waals surface area contributed by atoms with Gasteiger partial charge >= 0.3 is 0 Å². The van der Waals surface area contributed by atoms with Gasteiger partial charge in [-0.1, -0.05) is 20.8 Å².